The molecule has 0 N–H and O–H groups in total. The van der Waals surface area contributed by atoms with E-state index in [0.717, 1.165) is 31.0 Å². The molecule has 1 nitrogen and oxygen atoms in total. The van der Waals surface area contributed by atoms with E-state index in [1.54, 1.807) is 17.8 Å². The second-order valence-electron chi connectivity index (χ2n) is 6.43. The quantitative estimate of drug-likeness (QED) is 0.739. The number of rotatable bonds is 3. The lowest BCUT2D eigenvalue weighted by atomic mass is 10.1. The molecule has 4 rings (SSSR count). The van der Waals surface area contributed by atoms with Gasteiger partial charge in [-0.3, -0.25) is 0 Å². The molecule has 4 heteroatoms. The number of thioether (sulfide) groups is 1. The first-order valence-electron chi connectivity index (χ1n) is 8.16. The maximum Gasteiger partial charge on any atom is 0.159 e. The molecule has 1 aliphatic heterocycles. The monoisotopic (exact) mass is 331 g/mol. The molecule has 1 fully saturated rings. The summed E-state index contributed by atoms with van der Waals surface area (Å²) in [6.45, 7) is 2.08. The zero-order chi connectivity index (χ0) is 15.8. The Morgan fingerprint density at radius 1 is 1.00 bits per heavy atom. The molecular weight excluding hydrogens is 312 g/mol. The van der Waals surface area contributed by atoms with Crippen LogP contribution in [0.25, 0.3) is 0 Å². The molecular formula is C19H19F2NS. The molecule has 1 unspecified atom stereocenters. The molecule has 0 saturated heterocycles. The first kappa shape index (κ1) is 15.0. The summed E-state index contributed by atoms with van der Waals surface area (Å²) in [6.07, 6.45) is 3.61. The standard InChI is InChI=1S/C19H19F2NS/c20-15-8-7-14(11-16(15)21)18-9-10-22(12-13-5-6-13)17-3-1-2-4-19(17)23-18/h1-4,7-8,11,13,18H,5-6,9-10,12H2. The van der Waals surface area contributed by atoms with Gasteiger partial charge in [-0.05, 0) is 55.0 Å². The van der Waals surface area contributed by atoms with Crippen molar-refractivity contribution in [1.29, 1.82) is 0 Å². The van der Waals surface area contributed by atoms with Gasteiger partial charge >= 0.3 is 0 Å². The van der Waals surface area contributed by atoms with E-state index >= 15 is 0 Å². The first-order valence-corrected chi connectivity index (χ1v) is 9.04. The van der Waals surface area contributed by atoms with E-state index in [1.165, 1.54) is 35.6 Å². The third-order valence-corrected chi connectivity index (χ3v) is 6.02. The van der Waals surface area contributed by atoms with Gasteiger partial charge in [-0.2, -0.15) is 0 Å². The van der Waals surface area contributed by atoms with Crippen LogP contribution in [0.4, 0.5) is 14.5 Å². The normalized spacial score (nSPS) is 21.0. The van der Waals surface area contributed by atoms with E-state index < -0.39 is 11.6 Å². The summed E-state index contributed by atoms with van der Waals surface area (Å²) in [5.41, 5.74) is 2.16. The molecule has 2 aromatic carbocycles. The predicted molar refractivity (Wildman–Crippen MR) is 91.0 cm³/mol. The van der Waals surface area contributed by atoms with E-state index in [2.05, 4.69) is 29.2 Å². The van der Waals surface area contributed by atoms with E-state index in [9.17, 15) is 8.78 Å². The zero-order valence-electron chi connectivity index (χ0n) is 12.8. The molecule has 1 atom stereocenters. The minimum absolute atomic E-state index is 0.162. The molecule has 0 radical (unpaired) electrons. The van der Waals surface area contributed by atoms with Crippen molar-refractivity contribution in [1.82, 2.24) is 0 Å². The van der Waals surface area contributed by atoms with Crippen molar-refractivity contribution in [3.8, 4) is 0 Å². The van der Waals surface area contributed by atoms with Gasteiger partial charge < -0.3 is 4.90 Å². The number of halogens is 2. The fourth-order valence-corrected chi connectivity index (χ4v) is 4.46. The third kappa shape index (κ3) is 3.23. The van der Waals surface area contributed by atoms with Crippen LogP contribution in [0.1, 0.15) is 30.1 Å². The van der Waals surface area contributed by atoms with Crippen LogP contribution in [0.2, 0.25) is 0 Å². The summed E-state index contributed by atoms with van der Waals surface area (Å²) >= 11 is 1.77. The Kier molecular flexibility index (Phi) is 4.02. The van der Waals surface area contributed by atoms with Crippen molar-refractivity contribution >= 4 is 17.4 Å². The Hall–Kier alpha value is -1.55. The van der Waals surface area contributed by atoms with Crippen LogP contribution in [-0.2, 0) is 0 Å². The van der Waals surface area contributed by atoms with Gasteiger partial charge in [-0.1, -0.05) is 18.2 Å². The van der Waals surface area contributed by atoms with Crippen LogP contribution in [0.5, 0.6) is 0 Å². The Morgan fingerprint density at radius 3 is 2.61 bits per heavy atom. The smallest absolute Gasteiger partial charge is 0.159 e. The van der Waals surface area contributed by atoms with Crippen molar-refractivity contribution in [2.45, 2.75) is 29.4 Å². The number of para-hydroxylation sites is 1. The SMILES string of the molecule is Fc1ccc(C2CCN(CC3CC3)c3ccccc3S2)cc1F. The topological polar surface area (TPSA) is 3.24 Å². The highest BCUT2D eigenvalue weighted by molar-refractivity contribution is 7.99. The summed E-state index contributed by atoms with van der Waals surface area (Å²) in [7, 11) is 0. The fraction of sp³-hybridized carbons (Fsp3) is 0.368. The average molecular weight is 331 g/mol. The van der Waals surface area contributed by atoms with Crippen LogP contribution in [-0.4, -0.2) is 13.1 Å². The Bertz CT molecular complexity index is 714. The Labute approximate surface area is 139 Å². The van der Waals surface area contributed by atoms with Gasteiger partial charge in [0.2, 0.25) is 0 Å². The molecule has 1 heterocycles. The number of nitrogens with zero attached hydrogens (tertiary/aromatic N) is 1. The lowest BCUT2D eigenvalue weighted by Crippen LogP contribution is -2.26. The minimum Gasteiger partial charge on any atom is -0.370 e. The van der Waals surface area contributed by atoms with Gasteiger partial charge in [-0.15, -0.1) is 11.8 Å². The molecule has 0 aromatic heterocycles. The van der Waals surface area contributed by atoms with E-state index in [1.807, 2.05) is 0 Å². The summed E-state index contributed by atoms with van der Waals surface area (Å²) in [5.74, 6) is -0.702. The largest absolute Gasteiger partial charge is 0.370 e. The summed E-state index contributed by atoms with van der Waals surface area (Å²) < 4.78 is 26.8. The number of hydrogen-bond acceptors (Lipinski definition) is 2. The number of fused-ring (bicyclic) bond motifs is 1. The molecule has 2 aliphatic rings. The van der Waals surface area contributed by atoms with Crippen LogP contribution in [0.3, 0.4) is 0 Å². The lowest BCUT2D eigenvalue weighted by Gasteiger charge is -2.24. The number of anilines is 1. The van der Waals surface area contributed by atoms with E-state index in [4.69, 9.17) is 0 Å². The maximum absolute atomic E-state index is 13.6. The molecule has 0 bridgehead atoms. The van der Waals surface area contributed by atoms with Crippen molar-refractivity contribution in [2.75, 3.05) is 18.0 Å². The highest BCUT2D eigenvalue weighted by Gasteiger charge is 2.28. The molecule has 1 aliphatic carbocycles. The maximum atomic E-state index is 13.6. The Morgan fingerprint density at radius 2 is 1.83 bits per heavy atom. The summed E-state index contributed by atoms with van der Waals surface area (Å²) in [5, 5.41) is 0.162. The van der Waals surface area contributed by atoms with E-state index in [-0.39, 0.29) is 5.25 Å². The zero-order valence-corrected chi connectivity index (χ0v) is 13.7. The summed E-state index contributed by atoms with van der Waals surface area (Å²) in [4.78, 5) is 3.71. The second kappa shape index (κ2) is 6.16. The number of benzene rings is 2. The molecule has 0 amide bonds. The van der Waals surface area contributed by atoms with Crippen molar-refractivity contribution in [3.05, 3.63) is 59.7 Å². The second-order valence-corrected chi connectivity index (χ2v) is 7.67. The van der Waals surface area contributed by atoms with Crippen LogP contribution >= 0.6 is 11.8 Å². The van der Waals surface area contributed by atoms with Gasteiger partial charge in [0, 0.05) is 23.2 Å². The fourth-order valence-electron chi connectivity index (χ4n) is 3.17. The lowest BCUT2D eigenvalue weighted by molar-refractivity contribution is 0.506. The Balaban J connectivity index is 1.63. The third-order valence-electron chi connectivity index (χ3n) is 4.63. The van der Waals surface area contributed by atoms with Gasteiger partial charge in [0.15, 0.2) is 11.6 Å². The molecule has 1 saturated carbocycles. The predicted octanol–water partition coefficient (Wildman–Crippen LogP) is 5.42. The van der Waals surface area contributed by atoms with Crippen molar-refractivity contribution in [3.63, 3.8) is 0 Å². The van der Waals surface area contributed by atoms with Gasteiger partial charge in [-0.25, -0.2) is 8.78 Å². The van der Waals surface area contributed by atoms with E-state index in [0.29, 0.717) is 0 Å². The first-order chi connectivity index (χ1) is 11.2. The summed E-state index contributed by atoms with van der Waals surface area (Å²) in [6, 6.07) is 12.8. The highest BCUT2D eigenvalue weighted by atomic mass is 32.2. The van der Waals surface area contributed by atoms with Crippen molar-refractivity contribution in [2.24, 2.45) is 5.92 Å². The minimum atomic E-state index is -0.775. The van der Waals surface area contributed by atoms with Crippen LogP contribution in [0, 0.1) is 17.6 Å². The van der Waals surface area contributed by atoms with Gasteiger partial charge in [0.1, 0.15) is 0 Å². The van der Waals surface area contributed by atoms with Crippen LogP contribution < -0.4 is 4.90 Å². The molecule has 120 valence electrons. The van der Waals surface area contributed by atoms with Gasteiger partial charge in [0.25, 0.3) is 0 Å². The molecule has 23 heavy (non-hydrogen) atoms. The molecule has 2 aromatic rings. The number of hydrogen-bond donors (Lipinski definition) is 0. The van der Waals surface area contributed by atoms with Gasteiger partial charge in [0.05, 0.1) is 5.69 Å². The highest BCUT2D eigenvalue weighted by Crippen LogP contribution is 2.46. The van der Waals surface area contributed by atoms with Crippen LogP contribution in [0.15, 0.2) is 47.4 Å². The van der Waals surface area contributed by atoms with Crippen molar-refractivity contribution < 1.29 is 8.78 Å². The molecule has 0 spiro atoms. The average Bonchev–Trinajstić information content (AvgIpc) is 3.38.